The molecule has 1 amide bonds. The second-order valence-electron chi connectivity index (χ2n) is 5.10. The Kier molecular flexibility index (Phi) is 3.60. The van der Waals surface area contributed by atoms with Crippen LogP contribution in [0.15, 0.2) is 24.4 Å². The highest BCUT2D eigenvalue weighted by Gasteiger charge is 2.18. The number of rotatable bonds is 3. The fourth-order valence-corrected chi connectivity index (χ4v) is 2.40. The summed E-state index contributed by atoms with van der Waals surface area (Å²) in [4.78, 5) is 20.9. The highest BCUT2D eigenvalue weighted by atomic mass is 16.5. The second kappa shape index (κ2) is 5.54. The van der Waals surface area contributed by atoms with Crippen molar-refractivity contribution >= 4 is 16.8 Å². The van der Waals surface area contributed by atoms with Crippen LogP contribution in [-0.2, 0) is 4.74 Å². The zero-order valence-electron chi connectivity index (χ0n) is 11.4. The molecule has 1 aromatic carbocycles. The Balaban J connectivity index is 1.81. The normalized spacial score (nSPS) is 18.4. The lowest BCUT2D eigenvalue weighted by atomic mass is 10.1. The first-order chi connectivity index (χ1) is 9.74. The molecular weight excluding hydrogens is 254 g/mol. The van der Waals surface area contributed by atoms with Gasteiger partial charge in [-0.05, 0) is 19.4 Å². The van der Waals surface area contributed by atoms with E-state index in [1.165, 1.54) is 0 Å². The van der Waals surface area contributed by atoms with Crippen LogP contribution < -0.4 is 5.32 Å². The molecule has 0 radical (unpaired) electrons. The molecule has 1 atom stereocenters. The Bertz CT molecular complexity index is 636. The predicted octanol–water partition coefficient (Wildman–Crippen LogP) is 1.70. The van der Waals surface area contributed by atoms with Gasteiger partial charge in [-0.25, -0.2) is 9.97 Å². The number of nitrogens with one attached hydrogen (secondary N) is 1. The molecule has 2 heterocycles. The van der Waals surface area contributed by atoms with E-state index < -0.39 is 0 Å². The summed E-state index contributed by atoms with van der Waals surface area (Å²) < 4.78 is 5.31. The van der Waals surface area contributed by atoms with Crippen LogP contribution in [0.5, 0.6) is 0 Å². The number of carbonyl (C=O) groups excluding carboxylic acids is 1. The highest BCUT2D eigenvalue weighted by Crippen LogP contribution is 2.16. The third-order valence-corrected chi connectivity index (χ3v) is 3.55. The number of benzene rings is 1. The molecule has 1 saturated heterocycles. The van der Waals surface area contributed by atoms with Crippen molar-refractivity contribution in [3.63, 3.8) is 0 Å². The maximum atomic E-state index is 12.3. The molecule has 1 aliphatic rings. The summed E-state index contributed by atoms with van der Waals surface area (Å²) in [6, 6.07) is 5.57. The molecule has 0 spiro atoms. The standard InChI is InChI=1S/C15H17N3O2/c1-10-16-8-12-3-2-4-13(14(12)18-10)15(19)17-7-11-5-6-20-9-11/h2-4,8,11H,5-7,9H2,1H3,(H,17,19). The van der Waals surface area contributed by atoms with Crippen molar-refractivity contribution < 1.29 is 9.53 Å². The SMILES string of the molecule is Cc1ncc2cccc(C(=O)NCC3CCOC3)c2n1. The lowest BCUT2D eigenvalue weighted by Crippen LogP contribution is -2.29. The number of carbonyl (C=O) groups is 1. The zero-order valence-corrected chi connectivity index (χ0v) is 11.4. The van der Waals surface area contributed by atoms with Gasteiger partial charge in [-0.1, -0.05) is 12.1 Å². The maximum Gasteiger partial charge on any atom is 0.253 e. The van der Waals surface area contributed by atoms with Crippen molar-refractivity contribution in [1.29, 1.82) is 0 Å². The summed E-state index contributed by atoms with van der Waals surface area (Å²) in [5, 5.41) is 3.86. The van der Waals surface area contributed by atoms with Crippen molar-refractivity contribution in [1.82, 2.24) is 15.3 Å². The quantitative estimate of drug-likeness (QED) is 0.923. The predicted molar refractivity (Wildman–Crippen MR) is 75.5 cm³/mol. The minimum atomic E-state index is -0.0828. The van der Waals surface area contributed by atoms with Gasteiger partial charge >= 0.3 is 0 Å². The first kappa shape index (κ1) is 13.0. The number of amides is 1. The van der Waals surface area contributed by atoms with Gasteiger partial charge in [-0.15, -0.1) is 0 Å². The highest BCUT2D eigenvalue weighted by molar-refractivity contribution is 6.05. The lowest BCUT2D eigenvalue weighted by Gasteiger charge is -2.10. The van der Waals surface area contributed by atoms with E-state index in [2.05, 4.69) is 15.3 Å². The third-order valence-electron chi connectivity index (χ3n) is 3.55. The Hall–Kier alpha value is -2.01. The Morgan fingerprint density at radius 2 is 2.40 bits per heavy atom. The molecule has 1 unspecified atom stereocenters. The van der Waals surface area contributed by atoms with E-state index >= 15 is 0 Å². The number of para-hydroxylation sites is 1. The van der Waals surface area contributed by atoms with Gasteiger partial charge in [-0.3, -0.25) is 4.79 Å². The van der Waals surface area contributed by atoms with Crippen molar-refractivity contribution in [2.75, 3.05) is 19.8 Å². The van der Waals surface area contributed by atoms with Crippen LogP contribution in [0.25, 0.3) is 10.9 Å². The summed E-state index contributed by atoms with van der Waals surface area (Å²) >= 11 is 0. The summed E-state index contributed by atoms with van der Waals surface area (Å²) in [5.41, 5.74) is 1.31. The van der Waals surface area contributed by atoms with E-state index in [1.807, 2.05) is 19.1 Å². The van der Waals surface area contributed by atoms with Gasteiger partial charge in [0.15, 0.2) is 0 Å². The van der Waals surface area contributed by atoms with Crippen LogP contribution in [0.1, 0.15) is 22.6 Å². The molecule has 5 heteroatoms. The molecule has 5 nitrogen and oxygen atoms in total. The van der Waals surface area contributed by atoms with Crippen LogP contribution in [0.3, 0.4) is 0 Å². The van der Waals surface area contributed by atoms with Crippen LogP contribution in [-0.4, -0.2) is 35.6 Å². The van der Waals surface area contributed by atoms with Crippen molar-refractivity contribution in [2.45, 2.75) is 13.3 Å². The fraction of sp³-hybridized carbons (Fsp3) is 0.400. The molecule has 1 fully saturated rings. The minimum Gasteiger partial charge on any atom is -0.381 e. The topological polar surface area (TPSA) is 64.1 Å². The summed E-state index contributed by atoms with van der Waals surface area (Å²) in [7, 11) is 0. The Labute approximate surface area is 117 Å². The fourth-order valence-electron chi connectivity index (χ4n) is 2.40. The van der Waals surface area contributed by atoms with Crippen LogP contribution in [0.4, 0.5) is 0 Å². The third kappa shape index (κ3) is 2.63. The first-order valence-corrected chi connectivity index (χ1v) is 6.82. The smallest absolute Gasteiger partial charge is 0.253 e. The van der Waals surface area contributed by atoms with Gasteiger partial charge in [0, 0.05) is 30.7 Å². The largest absolute Gasteiger partial charge is 0.381 e. The first-order valence-electron chi connectivity index (χ1n) is 6.82. The summed E-state index contributed by atoms with van der Waals surface area (Å²) in [5.74, 6) is 1.01. The van der Waals surface area contributed by atoms with Crippen molar-refractivity contribution in [3.05, 3.63) is 35.8 Å². The van der Waals surface area contributed by atoms with Gasteiger partial charge in [-0.2, -0.15) is 0 Å². The molecule has 0 bridgehead atoms. The molecule has 1 aliphatic heterocycles. The molecule has 20 heavy (non-hydrogen) atoms. The van der Waals surface area contributed by atoms with Crippen molar-refractivity contribution in [2.24, 2.45) is 5.92 Å². The van der Waals surface area contributed by atoms with E-state index in [9.17, 15) is 4.79 Å². The van der Waals surface area contributed by atoms with E-state index in [4.69, 9.17) is 4.74 Å². The molecule has 3 rings (SSSR count). The van der Waals surface area contributed by atoms with Crippen LogP contribution >= 0.6 is 0 Å². The lowest BCUT2D eigenvalue weighted by molar-refractivity contribution is 0.0946. The van der Waals surface area contributed by atoms with E-state index in [0.29, 0.717) is 29.4 Å². The molecule has 1 N–H and O–H groups in total. The van der Waals surface area contributed by atoms with Gasteiger partial charge in [0.05, 0.1) is 17.7 Å². The van der Waals surface area contributed by atoms with Gasteiger partial charge in [0.2, 0.25) is 0 Å². The number of aryl methyl sites for hydroxylation is 1. The molecule has 2 aromatic rings. The molecule has 0 saturated carbocycles. The average molecular weight is 271 g/mol. The second-order valence-corrected chi connectivity index (χ2v) is 5.10. The van der Waals surface area contributed by atoms with Crippen LogP contribution in [0, 0.1) is 12.8 Å². The molecule has 0 aliphatic carbocycles. The molecule has 104 valence electrons. The number of hydrogen-bond acceptors (Lipinski definition) is 4. The number of hydrogen-bond donors (Lipinski definition) is 1. The summed E-state index contributed by atoms with van der Waals surface area (Å²) in [6.45, 7) is 4.00. The molecule has 1 aromatic heterocycles. The Morgan fingerprint density at radius 1 is 1.50 bits per heavy atom. The maximum absolute atomic E-state index is 12.3. The van der Waals surface area contributed by atoms with E-state index in [0.717, 1.165) is 25.0 Å². The monoisotopic (exact) mass is 271 g/mol. The van der Waals surface area contributed by atoms with Gasteiger partial charge < -0.3 is 10.1 Å². The summed E-state index contributed by atoms with van der Waals surface area (Å²) in [6.07, 6.45) is 2.76. The van der Waals surface area contributed by atoms with E-state index in [1.54, 1.807) is 12.3 Å². The zero-order chi connectivity index (χ0) is 13.9. The Morgan fingerprint density at radius 3 is 3.20 bits per heavy atom. The number of aromatic nitrogens is 2. The number of fused-ring (bicyclic) bond motifs is 1. The van der Waals surface area contributed by atoms with Crippen molar-refractivity contribution in [3.8, 4) is 0 Å². The van der Waals surface area contributed by atoms with Crippen LogP contribution in [0.2, 0.25) is 0 Å². The van der Waals surface area contributed by atoms with E-state index in [-0.39, 0.29) is 5.91 Å². The average Bonchev–Trinajstić information content (AvgIpc) is 2.97. The van der Waals surface area contributed by atoms with Gasteiger partial charge in [0.1, 0.15) is 5.82 Å². The molecular formula is C15H17N3O2. The number of nitrogens with zero attached hydrogens (tertiary/aromatic N) is 2. The minimum absolute atomic E-state index is 0.0828. The van der Waals surface area contributed by atoms with Gasteiger partial charge in [0.25, 0.3) is 5.91 Å². The number of ether oxygens (including phenoxy) is 1.